The Morgan fingerprint density at radius 1 is 1.60 bits per heavy atom. The number of rotatable bonds is 6. The molecule has 0 aliphatic heterocycles. The maximum absolute atomic E-state index is 4.43. The van der Waals surface area contributed by atoms with Crippen LogP contribution in [0.5, 0.6) is 0 Å². The summed E-state index contributed by atoms with van der Waals surface area (Å²) in [6.45, 7) is 6.49. The van der Waals surface area contributed by atoms with E-state index in [1.165, 1.54) is 24.8 Å². The molecule has 0 aromatic carbocycles. The summed E-state index contributed by atoms with van der Waals surface area (Å²) in [6, 6.07) is 0.588. The van der Waals surface area contributed by atoms with Crippen LogP contribution in [0.2, 0.25) is 0 Å². The number of nitrogens with one attached hydrogen (secondary N) is 1. The zero-order valence-corrected chi connectivity index (χ0v) is 9.74. The molecule has 0 spiro atoms. The van der Waals surface area contributed by atoms with E-state index < -0.39 is 0 Å². The van der Waals surface area contributed by atoms with Crippen LogP contribution in [0.3, 0.4) is 0 Å². The van der Waals surface area contributed by atoms with Gasteiger partial charge in [-0.15, -0.1) is 0 Å². The molecular weight excluding hydrogens is 186 g/mol. The predicted octanol–water partition coefficient (Wildman–Crippen LogP) is 2.35. The highest BCUT2D eigenvalue weighted by Gasteiger charge is 2.29. The van der Waals surface area contributed by atoms with Crippen molar-refractivity contribution in [2.24, 2.45) is 5.92 Å². The molecule has 0 amide bonds. The highest BCUT2D eigenvalue weighted by Crippen LogP contribution is 2.38. The fourth-order valence-corrected chi connectivity index (χ4v) is 1.90. The summed E-state index contributed by atoms with van der Waals surface area (Å²) in [7, 11) is 0. The van der Waals surface area contributed by atoms with Gasteiger partial charge >= 0.3 is 0 Å². The van der Waals surface area contributed by atoms with E-state index in [9.17, 15) is 0 Å². The van der Waals surface area contributed by atoms with E-state index in [1.54, 1.807) is 0 Å². The van der Waals surface area contributed by atoms with Gasteiger partial charge in [-0.05, 0) is 38.6 Å². The Labute approximate surface area is 91.9 Å². The molecule has 0 saturated heterocycles. The third kappa shape index (κ3) is 2.81. The van der Waals surface area contributed by atoms with E-state index in [-0.39, 0.29) is 0 Å². The van der Waals surface area contributed by atoms with E-state index in [0.29, 0.717) is 6.04 Å². The highest BCUT2D eigenvalue weighted by molar-refractivity contribution is 5.04. The van der Waals surface area contributed by atoms with Crippen molar-refractivity contribution in [1.29, 1.82) is 0 Å². The molecule has 1 atom stereocenters. The van der Waals surface area contributed by atoms with Gasteiger partial charge in [0, 0.05) is 18.3 Å². The van der Waals surface area contributed by atoms with Crippen molar-refractivity contribution in [3.05, 3.63) is 18.0 Å². The van der Waals surface area contributed by atoms with Gasteiger partial charge in [0.1, 0.15) is 0 Å². The summed E-state index contributed by atoms with van der Waals surface area (Å²) in [6.07, 6.45) is 8.12. The van der Waals surface area contributed by atoms with E-state index >= 15 is 0 Å². The van der Waals surface area contributed by atoms with Crippen molar-refractivity contribution in [3.8, 4) is 0 Å². The van der Waals surface area contributed by atoms with Crippen molar-refractivity contribution in [1.82, 2.24) is 15.1 Å². The molecule has 1 aliphatic rings. The molecule has 1 heterocycles. The summed E-state index contributed by atoms with van der Waals surface area (Å²) in [5.41, 5.74) is 1.30. The van der Waals surface area contributed by atoms with Gasteiger partial charge in [-0.2, -0.15) is 5.10 Å². The van der Waals surface area contributed by atoms with Gasteiger partial charge in [0.05, 0.1) is 12.2 Å². The van der Waals surface area contributed by atoms with E-state index in [1.807, 2.05) is 6.20 Å². The van der Waals surface area contributed by atoms with E-state index in [4.69, 9.17) is 0 Å². The molecule has 1 aromatic rings. The standard InChI is InChI=1S/C12H21N3/c1-3-6-13-7-11-8-14-15(9-11)10(2)12-4-5-12/h8-10,12-13H,3-7H2,1-2H3. The summed E-state index contributed by atoms with van der Waals surface area (Å²) in [4.78, 5) is 0. The maximum Gasteiger partial charge on any atom is 0.0534 e. The minimum Gasteiger partial charge on any atom is -0.313 e. The third-order valence-corrected chi connectivity index (χ3v) is 3.13. The summed E-state index contributed by atoms with van der Waals surface area (Å²) in [5.74, 6) is 0.876. The predicted molar refractivity (Wildman–Crippen MR) is 61.7 cm³/mol. The SMILES string of the molecule is CCCNCc1cnn(C(C)C2CC2)c1. The first-order valence-corrected chi connectivity index (χ1v) is 6.05. The summed E-state index contributed by atoms with van der Waals surface area (Å²) >= 11 is 0. The average molecular weight is 207 g/mol. The molecule has 3 heteroatoms. The van der Waals surface area contributed by atoms with Gasteiger partial charge in [0.15, 0.2) is 0 Å². The maximum atomic E-state index is 4.43. The van der Waals surface area contributed by atoms with Crippen molar-refractivity contribution in [2.75, 3.05) is 6.54 Å². The van der Waals surface area contributed by atoms with Crippen molar-refractivity contribution >= 4 is 0 Å². The van der Waals surface area contributed by atoms with Crippen molar-refractivity contribution in [3.63, 3.8) is 0 Å². The van der Waals surface area contributed by atoms with E-state index in [2.05, 4.69) is 35.1 Å². The van der Waals surface area contributed by atoms with Crippen LogP contribution in [0.1, 0.15) is 44.7 Å². The van der Waals surface area contributed by atoms with Gasteiger partial charge in [-0.3, -0.25) is 4.68 Å². The molecule has 84 valence electrons. The monoisotopic (exact) mass is 207 g/mol. The first kappa shape index (κ1) is 10.7. The van der Waals surface area contributed by atoms with Crippen LogP contribution in [-0.4, -0.2) is 16.3 Å². The molecule has 1 aromatic heterocycles. The van der Waals surface area contributed by atoms with Crippen molar-refractivity contribution < 1.29 is 0 Å². The van der Waals surface area contributed by atoms with Crippen LogP contribution in [0.25, 0.3) is 0 Å². The Balaban J connectivity index is 1.85. The number of hydrogen-bond donors (Lipinski definition) is 1. The largest absolute Gasteiger partial charge is 0.313 e. The smallest absolute Gasteiger partial charge is 0.0534 e. The molecule has 3 nitrogen and oxygen atoms in total. The Hall–Kier alpha value is -0.830. The fourth-order valence-electron chi connectivity index (χ4n) is 1.90. The first-order chi connectivity index (χ1) is 7.31. The molecule has 1 aliphatic carbocycles. The number of aromatic nitrogens is 2. The molecule has 0 radical (unpaired) electrons. The lowest BCUT2D eigenvalue weighted by molar-refractivity contribution is 0.439. The second-order valence-electron chi connectivity index (χ2n) is 4.58. The fraction of sp³-hybridized carbons (Fsp3) is 0.750. The second kappa shape index (κ2) is 4.79. The number of hydrogen-bond acceptors (Lipinski definition) is 2. The molecule has 1 N–H and O–H groups in total. The molecule has 1 saturated carbocycles. The average Bonchev–Trinajstić information content (AvgIpc) is 2.98. The molecule has 0 bridgehead atoms. The Kier molecular flexibility index (Phi) is 3.41. The van der Waals surface area contributed by atoms with Crippen LogP contribution in [-0.2, 0) is 6.54 Å². The highest BCUT2D eigenvalue weighted by atomic mass is 15.3. The first-order valence-electron chi connectivity index (χ1n) is 6.05. The molecular formula is C12H21N3. The third-order valence-electron chi connectivity index (χ3n) is 3.13. The van der Waals surface area contributed by atoms with Gasteiger partial charge in [-0.1, -0.05) is 6.92 Å². The molecule has 2 rings (SSSR count). The zero-order valence-electron chi connectivity index (χ0n) is 9.74. The Morgan fingerprint density at radius 3 is 3.07 bits per heavy atom. The lowest BCUT2D eigenvalue weighted by Gasteiger charge is -2.09. The lowest BCUT2D eigenvalue weighted by Crippen LogP contribution is -2.13. The van der Waals surface area contributed by atoms with Gasteiger partial charge in [0.25, 0.3) is 0 Å². The van der Waals surface area contributed by atoms with Crippen LogP contribution in [0.15, 0.2) is 12.4 Å². The summed E-state index contributed by atoms with van der Waals surface area (Å²) < 4.78 is 2.13. The molecule has 1 unspecified atom stereocenters. The summed E-state index contributed by atoms with van der Waals surface area (Å²) in [5, 5.41) is 7.83. The Bertz CT molecular complexity index is 302. The molecule has 1 fully saturated rings. The minimum absolute atomic E-state index is 0.588. The van der Waals surface area contributed by atoms with Crippen LogP contribution in [0.4, 0.5) is 0 Å². The van der Waals surface area contributed by atoms with Gasteiger partial charge in [0.2, 0.25) is 0 Å². The van der Waals surface area contributed by atoms with Crippen LogP contribution < -0.4 is 5.32 Å². The van der Waals surface area contributed by atoms with Crippen LogP contribution in [0, 0.1) is 5.92 Å². The quantitative estimate of drug-likeness (QED) is 0.726. The van der Waals surface area contributed by atoms with Crippen molar-refractivity contribution in [2.45, 2.75) is 45.7 Å². The lowest BCUT2D eigenvalue weighted by atomic mass is 10.2. The minimum atomic E-state index is 0.588. The van der Waals surface area contributed by atoms with Crippen LogP contribution >= 0.6 is 0 Å². The Morgan fingerprint density at radius 2 is 2.40 bits per heavy atom. The topological polar surface area (TPSA) is 29.9 Å². The van der Waals surface area contributed by atoms with Gasteiger partial charge < -0.3 is 5.32 Å². The zero-order chi connectivity index (χ0) is 10.7. The molecule has 15 heavy (non-hydrogen) atoms. The second-order valence-corrected chi connectivity index (χ2v) is 4.58. The normalized spacial score (nSPS) is 18.0. The number of nitrogens with zero attached hydrogens (tertiary/aromatic N) is 2. The van der Waals surface area contributed by atoms with Gasteiger partial charge in [-0.25, -0.2) is 0 Å². The van der Waals surface area contributed by atoms with E-state index in [0.717, 1.165) is 19.0 Å².